The van der Waals surface area contributed by atoms with E-state index in [0.717, 1.165) is 6.42 Å². The molecule has 3 heteroatoms. The van der Waals surface area contributed by atoms with Crippen LogP contribution < -0.4 is 0 Å². The van der Waals surface area contributed by atoms with Gasteiger partial charge >= 0.3 is 5.97 Å². The average molecular weight is 136 g/mol. The highest BCUT2D eigenvalue weighted by Crippen LogP contribution is 1.82. The molecule has 1 atom stereocenters. The van der Waals surface area contributed by atoms with E-state index in [0.29, 0.717) is 6.42 Å². The van der Waals surface area contributed by atoms with E-state index in [4.69, 9.17) is 5.11 Å². The highest BCUT2D eigenvalue weighted by molar-refractivity contribution is 7.15. The van der Waals surface area contributed by atoms with Gasteiger partial charge in [-0.05, 0) is 6.42 Å². The van der Waals surface area contributed by atoms with Crippen LogP contribution in [-0.2, 0) is 4.79 Å². The molecule has 0 aliphatic heterocycles. The third kappa shape index (κ3) is 16.8. The summed E-state index contributed by atoms with van der Waals surface area (Å²) < 4.78 is 0. The number of rotatable bonds is 2. The van der Waals surface area contributed by atoms with Gasteiger partial charge in [0, 0.05) is 6.42 Å². The van der Waals surface area contributed by atoms with Gasteiger partial charge in [-0.15, -0.1) is 9.24 Å². The largest absolute Gasteiger partial charge is 0.481 e. The number of carbonyl (C=O) groups is 1. The lowest BCUT2D eigenvalue weighted by Crippen LogP contribution is -1.90. The summed E-state index contributed by atoms with van der Waals surface area (Å²) in [6.45, 7) is 3.76. The maximum atomic E-state index is 9.60. The van der Waals surface area contributed by atoms with Gasteiger partial charge < -0.3 is 5.11 Å². The molecule has 0 aromatic carbocycles. The van der Waals surface area contributed by atoms with Gasteiger partial charge in [-0.1, -0.05) is 13.6 Å². The van der Waals surface area contributed by atoms with Crippen LogP contribution in [0.4, 0.5) is 0 Å². The van der Waals surface area contributed by atoms with Crippen LogP contribution in [0.3, 0.4) is 0 Å². The summed E-state index contributed by atoms with van der Waals surface area (Å²) in [5.41, 5.74) is 0. The molecule has 1 unspecified atom stereocenters. The predicted molar refractivity (Wildman–Crippen MR) is 38.2 cm³/mol. The number of aliphatic carboxylic acids is 1. The van der Waals surface area contributed by atoms with Crippen molar-refractivity contribution in [3.8, 4) is 0 Å². The standard InChI is InChI=1S/C4H8O2.CH5P/c1-2-3-4(5)6;1-2/h2-3H2,1H3,(H,5,6);2H2,1H3. The zero-order chi connectivity index (χ0) is 6.99. The molecule has 0 aliphatic carbocycles. The fourth-order valence-corrected chi connectivity index (χ4v) is 0.214. The van der Waals surface area contributed by atoms with E-state index in [2.05, 4.69) is 9.24 Å². The smallest absolute Gasteiger partial charge is 0.303 e. The van der Waals surface area contributed by atoms with E-state index >= 15 is 0 Å². The lowest BCUT2D eigenvalue weighted by molar-refractivity contribution is -0.137. The van der Waals surface area contributed by atoms with Crippen molar-refractivity contribution < 1.29 is 9.90 Å². The topological polar surface area (TPSA) is 37.3 Å². The van der Waals surface area contributed by atoms with Crippen molar-refractivity contribution in [2.75, 3.05) is 6.66 Å². The van der Waals surface area contributed by atoms with Crippen LogP contribution in [0.15, 0.2) is 0 Å². The highest BCUT2D eigenvalue weighted by Gasteiger charge is 1.87. The van der Waals surface area contributed by atoms with Crippen molar-refractivity contribution in [2.45, 2.75) is 19.8 Å². The fraction of sp³-hybridized carbons (Fsp3) is 0.800. The van der Waals surface area contributed by atoms with Gasteiger partial charge in [0.15, 0.2) is 0 Å². The Balaban J connectivity index is 0. The molecule has 8 heavy (non-hydrogen) atoms. The predicted octanol–water partition coefficient (Wildman–Crippen LogP) is 1.36. The zero-order valence-corrected chi connectivity index (χ0v) is 6.50. The van der Waals surface area contributed by atoms with Crippen LogP contribution in [0.25, 0.3) is 0 Å². The first-order valence-corrected chi connectivity index (χ1v) is 3.72. The summed E-state index contributed by atoms with van der Waals surface area (Å²) in [5.74, 6) is -0.711. The van der Waals surface area contributed by atoms with Gasteiger partial charge in [0.05, 0.1) is 0 Å². The first-order valence-electron chi connectivity index (χ1n) is 2.57. The lowest BCUT2D eigenvalue weighted by atomic mass is 10.4. The second kappa shape index (κ2) is 10.0. The number of carboxylic acids is 1. The third-order valence-electron chi connectivity index (χ3n) is 0.464. The van der Waals surface area contributed by atoms with Gasteiger partial charge in [0.2, 0.25) is 0 Å². The Labute approximate surface area is 52.5 Å². The van der Waals surface area contributed by atoms with Crippen molar-refractivity contribution in [3.05, 3.63) is 0 Å². The Morgan fingerprint density at radius 3 is 2.00 bits per heavy atom. The number of carboxylic acid groups (broad SMARTS) is 1. The Morgan fingerprint density at radius 2 is 2.00 bits per heavy atom. The minimum atomic E-state index is -0.711. The van der Waals surface area contributed by atoms with Crippen LogP contribution in [0, 0.1) is 0 Å². The molecule has 0 aliphatic rings. The first-order chi connectivity index (χ1) is 3.77. The summed E-state index contributed by atoms with van der Waals surface area (Å²) in [6.07, 6.45) is 1.02. The minimum absolute atomic E-state index is 0.292. The maximum Gasteiger partial charge on any atom is 0.303 e. The van der Waals surface area contributed by atoms with Gasteiger partial charge in [-0.3, -0.25) is 4.79 Å². The summed E-state index contributed by atoms with van der Waals surface area (Å²) in [5, 5.41) is 7.91. The fourth-order valence-electron chi connectivity index (χ4n) is 0.214. The van der Waals surface area contributed by atoms with E-state index in [1.165, 1.54) is 0 Å². The van der Waals surface area contributed by atoms with E-state index in [-0.39, 0.29) is 0 Å². The highest BCUT2D eigenvalue weighted by atomic mass is 31.0. The molecule has 0 amide bonds. The van der Waals surface area contributed by atoms with Crippen LogP contribution in [-0.4, -0.2) is 17.7 Å². The molecule has 1 N–H and O–H groups in total. The summed E-state index contributed by atoms with van der Waals surface area (Å²) >= 11 is 0. The van der Waals surface area contributed by atoms with Gasteiger partial charge in [-0.2, -0.15) is 0 Å². The Morgan fingerprint density at radius 1 is 1.62 bits per heavy atom. The molecule has 0 spiro atoms. The molecular formula is C5H13O2P. The molecule has 0 fully saturated rings. The molecule has 2 nitrogen and oxygen atoms in total. The molecule has 0 saturated heterocycles. The normalized spacial score (nSPS) is 6.88. The molecule has 0 saturated carbocycles. The van der Waals surface area contributed by atoms with Gasteiger partial charge in [-0.25, -0.2) is 0 Å². The summed E-state index contributed by atoms with van der Waals surface area (Å²) in [6, 6.07) is 0. The molecule has 0 bridgehead atoms. The first kappa shape index (κ1) is 10.8. The maximum absolute atomic E-state index is 9.60. The van der Waals surface area contributed by atoms with Crippen LogP contribution in [0.2, 0.25) is 0 Å². The Bertz CT molecular complexity index is 54.4. The van der Waals surface area contributed by atoms with E-state index in [1.807, 2.05) is 13.6 Å². The van der Waals surface area contributed by atoms with Crippen molar-refractivity contribution in [1.29, 1.82) is 0 Å². The molecule has 0 aromatic rings. The van der Waals surface area contributed by atoms with Crippen molar-refractivity contribution in [2.24, 2.45) is 0 Å². The average Bonchev–Trinajstić information content (AvgIpc) is 1.72. The van der Waals surface area contributed by atoms with Crippen LogP contribution >= 0.6 is 9.24 Å². The minimum Gasteiger partial charge on any atom is -0.481 e. The Kier molecular flexibility index (Phi) is 13.5. The second-order valence-electron chi connectivity index (χ2n) is 1.14. The molecule has 50 valence electrons. The van der Waals surface area contributed by atoms with Gasteiger partial charge in [0.25, 0.3) is 0 Å². The van der Waals surface area contributed by atoms with Crippen molar-refractivity contribution in [3.63, 3.8) is 0 Å². The van der Waals surface area contributed by atoms with E-state index in [9.17, 15) is 4.79 Å². The molecule has 0 aromatic heterocycles. The Hall–Kier alpha value is -0.100. The number of hydrogen-bond donors (Lipinski definition) is 1. The zero-order valence-electron chi connectivity index (χ0n) is 5.35. The van der Waals surface area contributed by atoms with Crippen molar-refractivity contribution >= 4 is 15.2 Å². The monoisotopic (exact) mass is 136 g/mol. The van der Waals surface area contributed by atoms with Crippen LogP contribution in [0.1, 0.15) is 19.8 Å². The molecule has 0 rings (SSSR count). The van der Waals surface area contributed by atoms with E-state index in [1.54, 1.807) is 0 Å². The molecular weight excluding hydrogens is 123 g/mol. The SMILES string of the molecule is CCCC(=O)O.CP. The quantitative estimate of drug-likeness (QED) is 0.582. The summed E-state index contributed by atoms with van der Waals surface area (Å²) in [7, 11) is 2.42. The molecule has 0 radical (unpaired) electrons. The number of hydrogen-bond acceptors (Lipinski definition) is 1. The van der Waals surface area contributed by atoms with Crippen LogP contribution in [0.5, 0.6) is 0 Å². The second-order valence-corrected chi connectivity index (χ2v) is 1.14. The summed E-state index contributed by atoms with van der Waals surface area (Å²) in [4.78, 5) is 9.60. The lowest BCUT2D eigenvalue weighted by Gasteiger charge is -1.79. The van der Waals surface area contributed by atoms with E-state index < -0.39 is 5.97 Å². The van der Waals surface area contributed by atoms with Gasteiger partial charge in [0.1, 0.15) is 0 Å². The third-order valence-corrected chi connectivity index (χ3v) is 0.464. The molecule has 0 heterocycles. The van der Waals surface area contributed by atoms with Crippen molar-refractivity contribution in [1.82, 2.24) is 0 Å².